The molecule has 2 fully saturated rings. The van der Waals surface area contributed by atoms with E-state index in [-0.39, 0.29) is 6.04 Å². The van der Waals surface area contributed by atoms with E-state index in [1.165, 1.54) is 0 Å². The molecular weight excluding hydrogens is 330 g/mol. The van der Waals surface area contributed by atoms with E-state index in [1.54, 1.807) is 24.5 Å². The first-order chi connectivity index (χ1) is 11.7. The lowest BCUT2D eigenvalue weighted by Gasteiger charge is -2.37. The maximum Gasteiger partial charge on any atom is 0.135 e. The first-order valence-corrected chi connectivity index (χ1v) is 8.69. The van der Waals surface area contributed by atoms with Crippen molar-refractivity contribution in [3.8, 4) is 0 Å². The Morgan fingerprint density at radius 3 is 3.00 bits per heavy atom. The van der Waals surface area contributed by atoms with Gasteiger partial charge in [-0.1, -0.05) is 11.6 Å². The van der Waals surface area contributed by atoms with Crippen molar-refractivity contribution < 1.29 is 14.3 Å². The molecule has 7 heteroatoms. The molecule has 1 saturated heterocycles. The second-order valence-corrected chi connectivity index (χ2v) is 6.76. The summed E-state index contributed by atoms with van der Waals surface area (Å²) in [7, 11) is 0. The van der Waals surface area contributed by atoms with Gasteiger partial charge in [0, 0.05) is 24.9 Å². The number of halogens is 1. The van der Waals surface area contributed by atoms with Crippen molar-refractivity contribution in [2.24, 2.45) is 0 Å². The average Bonchev–Trinajstić information content (AvgIpc) is 3.29. The van der Waals surface area contributed by atoms with Crippen molar-refractivity contribution in [2.45, 2.75) is 37.3 Å². The summed E-state index contributed by atoms with van der Waals surface area (Å²) in [6.07, 6.45) is 3.66. The number of hydrogen-bond donors (Lipinski definition) is 1. The largest absolute Gasteiger partial charge is 0.467 e. The standard InChI is InChI=1S/C17H20ClN3O3/c18-15-9-16(20-17(19-15)11-3-4-11)21-5-7-23-10-12(21)8-13(22)14-2-1-6-24-14/h1-2,6,9,11-13,22H,3-5,7-8,10H2. The van der Waals surface area contributed by atoms with E-state index >= 15 is 0 Å². The topological polar surface area (TPSA) is 71.6 Å². The van der Waals surface area contributed by atoms with Gasteiger partial charge in [0.25, 0.3) is 0 Å². The van der Waals surface area contributed by atoms with Crippen molar-refractivity contribution in [3.05, 3.63) is 41.2 Å². The summed E-state index contributed by atoms with van der Waals surface area (Å²) < 4.78 is 10.9. The van der Waals surface area contributed by atoms with Crippen LogP contribution in [0.5, 0.6) is 0 Å². The third-order valence-corrected chi connectivity index (χ3v) is 4.72. The monoisotopic (exact) mass is 349 g/mol. The second-order valence-electron chi connectivity index (χ2n) is 6.37. The van der Waals surface area contributed by atoms with Crippen LogP contribution in [0.3, 0.4) is 0 Å². The van der Waals surface area contributed by atoms with Crippen LogP contribution in [0.2, 0.25) is 5.15 Å². The molecule has 0 aromatic carbocycles. The van der Waals surface area contributed by atoms with Gasteiger partial charge in [-0.2, -0.15) is 0 Å². The van der Waals surface area contributed by atoms with Crippen molar-refractivity contribution in [1.82, 2.24) is 9.97 Å². The van der Waals surface area contributed by atoms with Crippen molar-refractivity contribution in [2.75, 3.05) is 24.7 Å². The summed E-state index contributed by atoms with van der Waals surface area (Å²) in [6, 6.07) is 5.37. The molecule has 2 aliphatic rings. The minimum atomic E-state index is -0.672. The summed E-state index contributed by atoms with van der Waals surface area (Å²) >= 11 is 6.20. The highest BCUT2D eigenvalue weighted by atomic mass is 35.5. The Balaban J connectivity index is 1.55. The van der Waals surface area contributed by atoms with E-state index in [4.69, 9.17) is 25.7 Å². The van der Waals surface area contributed by atoms with Crippen LogP contribution in [0.4, 0.5) is 5.82 Å². The lowest BCUT2D eigenvalue weighted by molar-refractivity contribution is 0.0616. The highest BCUT2D eigenvalue weighted by Gasteiger charge is 2.31. The Kier molecular flexibility index (Phi) is 4.43. The number of anilines is 1. The third kappa shape index (κ3) is 3.41. The minimum absolute atomic E-state index is 0.0110. The lowest BCUT2D eigenvalue weighted by Crippen LogP contribution is -2.46. The molecule has 6 nitrogen and oxygen atoms in total. The molecule has 2 atom stereocenters. The number of ether oxygens (including phenoxy) is 1. The Bertz CT molecular complexity index is 690. The SMILES string of the molecule is OC(CC1COCCN1c1cc(Cl)nc(C2CC2)n1)c1ccco1. The zero-order valence-electron chi connectivity index (χ0n) is 13.3. The number of nitrogens with zero attached hydrogens (tertiary/aromatic N) is 3. The van der Waals surface area contributed by atoms with Crippen LogP contribution >= 0.6 is 11.6 Å². The molecular formula is C17H20ClN3O3. The minimum Gasteiger partial charge on any atom is -0.467 e. The lowest BCUT2D eigenvalue weighted by atomic mass is 10.1. The van der Waals surface area contributed by atoms with Gasteiger partial charge < -0.3 is 19.2 Å². The molecule has 0 spiro atoms. The number of rotatable bonds is 5. The first kappa shape index (κ1) is 15.9. The molecule has 1 aliphatic heterocycles. The van der Waals surface area contributed by atoms with E-state index in [1.807, 2.05) is 0 Å². The van der Waals surface area contributed by atoms with Gasteiger partial charge in [0.15, 0.2) is 0 Å². The molecule has 24 heavy (non-hydrogen) atoms. The number of morpholine rings is 1. The van der Waals surface area contributed by atoms with E-state index < -0.39 is 6.10 Å². The van der Waals surface area contributed by atoms with Crippen LogP contribution < -0.4 is 4.90 Å². The number of furan rings is 1. The molecule has 0 amide bonds. The summed E-state index contributed by atoms with van der Waals surface area (Å²) in [5.74, 6) is 2.65. The fraction of sp³-hybridized carbons (Fsp3) is 0.529. The van der Waals surface area contributed by atoms with Gasteiger partial charge in [-0.25, -0.2) is 9.97 Å². The maximum absolute atomic E-state index is 10.4. The Hall–Kier alpha value is -1.63. The molecule has 2 aromatic heterocycles. The van der Waals surface area contributed by atoms with Crippen molar-refractivity contribution >= 4 is 17.4 Å². The molecule has 3 heterocycles. The van der Waals surface area contributed by atoms with E-state index in [0.29, 0.717) is 43.0 Å². The normalized spacial score (nSPS) is 22.6. The molecule has 128 valence electrons. The van der Waals surface area contributed by atoms with Gasteiger partial charge in [0.2, 0.25) is 0 Å². The van der Waals surface area contributed by atoms with E-state index in [2.05, 4.69) is 9.88 Å². The van der Waals surface area contributed by atoms with Gasteiger partial charge in [-0.05, 0) is 25.0 Å². The van der Waals surface area contributed by atoms with Crippen LogP contribution in [-0.2, 0) is 4.74 Å². The van der Waals surface area contributed by atoms with Gasteiger partial charge in [-0.3, -0.25) is 0 Å². The summed E-state index contributed by atoms with van der Waals surface area (Å²) in [5.41, 5.74) is 0. The molecule has 1 N–H and O–H groups in total. The third-order valence-electron chi connectivity index (χ3n) is 4.53. The maximum atomic E-state index is 10.4. The molecule has 0 bridgehead atoms. The smallest absolute Gasteiger partial charge is 0.135 e. The predicted molar refractivity (Wildman–Crippen MR) is 89.3 cm³/mol. The van der Waals surface area contributed by atoms with Crippen LogP contribution in [-0.4, -0.2) is 40.9 Å². The zero-order valence-corrected chi connectivity index (χ0v) is 14.0. The molecule has 1 saturated carbocycles. The van der Waals surface area contributed by atoms with Gasteiger partial charge in [0.05, 0.1) is 25.5 Å². The molecule has 4 rings (SSSR count). The van der Waals surface area contributed by atoms with Gasteiger partial charge in [0.1, 0.15) is 28.7 Å². The zero-order chi connectivity index (χ0) is 16.5. The Morgan fingerprint density at radius 2 is 2.25 bits per heavy atom. The number of aliphatic hydroxyl groups excluding tert-OH is 1. The highest BCUT2D eigenvalue weighted by Crippen LogP contribution is 2.39. The fourth-order valence-electron chi connectivity index (χ4n) is 3.10. The molecule has 2 aromatic rings. The van der Waals surface area contributed by atoms with E-state index in [0.717, 1.165) is 24.5 Å². The van der Waals surface area contributed by atoms with Crippen LogP contribution in [0.25, 0.3) is 0 Å². The highest BCUT2D eigenvalue weighted by molar-refractivity contribution is 6.29. The second kappa shape index (κ2) is 6.70. The quantitative estimate of drug-likeness (QED) is 0.837. The predicted octanol–water partition coefficient (Wildman–Crippen LogP) is 2.93. The summed E-state index contributed by atoms with van der Waals surface area (Å²) in [6.45, 7) is 1.89. The summed E-state index contributed by atoms with van der Waals surface area (Å²) in [5, 5.41) is 10.9. The van der Waals surface area contributed by atoms with Crippen molar-refractivity contribution in [1.29, 1.82) is 0 Å². The van der Waals surface area contributed by atoms with E-state index in [9.17, 15) is 5.11 Å². The van der Waals surface area contributed by atoms with Crippen LogP contribution in [0, 0.1) is 0 Å². The molecule has 2 unspecified atom stereocenters. The van der Waals surface area contributed by atoms with Gasteiger partial charge in [-0.15, -0.1) is 0 Å². The van der Waals surface area contributed by atoms with Crippen molar-refractivity contribution in [3.63, 3.8) is 0 Å². The number of aliphatic hydroxyl groups is 1. The number of aromatic nitrogens is 2. The Labute approximate surface area is 145 Å². The first-order valence-electron chi connectivity index (χ1n) is 8.31. The van der Waals surface area contributed by atoms with Crippen LogP contribution in [0.15, 0.2) is 28.9 Å². The van der Waals surface area contributed by atoms with Crippen LogP contribution in [0.1, 0.15) is 42.9 Å². The molecule has 0 radical (unpaired) electrons. The Morgan fingerprint density at radius 1 is 1.38 bits per heavy atom. The summed E-state index contributed by atoms with van der Waals surface area (Å²) in [4.78, 5) is 11.2. The average molecular weight is 350 g/mol. The van der Waals surface area contributed by atoms with Gasteiger partial charge >= 0.3 is 0 Å². The number of hydrogen-bond acceptors (Lipinski definition) is 6. The fourth-order valence-corrected chi connectivity index (χ4v) is 3.28. The molecule has 1 aliphatic carbocycles.